The van der Waals surface area contributed by atoms with E-state index in [1.54, 1.807) is 12.3 Å². The molecule has 1 aliphatic heterocycles. The molecule has 0 spiro atoms. The van der Waals surface area contributed by atoms with E-state index in [9.17, 15) is 4.79 Å². The molecule has 0 bridgehead atoms. The number of ether oxygens (including phenoxy) is 1. The van der Waals surface area contributed by atoms with Gasteiger partial charge in [0.2, 0.25) is 5.28 Å². The van der Waals surface area contributed by atoms with E-state index in [2.05, 4.69) is 9.97 Å². The summed E-state index contributed by atoms with van der Waals surface area (Å²) < 4.78 is 4.91. The van der Waals surface area contributed by atoms with Crippen molar-refractivity contribution in [2.24, 2.45) is 5.73 Å². The average Bonchev–Trinajstić information content (AvgIpc) is 2.65. The summed E-state index contributed by atoms with van der Waals surface area (Å²) in [5.41, 5.74) is 4.95. The maximum atomic E-state index is 10.6. The van der Waals surface area contributed by atoms with Gasteiger partial charge >= 0.3 is 6.09 Å². The van der Waals surface area contributed by atoms with E-state index in [-0.39, 0.29) is 11.4 Å². The molecule has 0 saturated carbocycles. The van der Waals surface area contributed by atoms with Gasteiger partial charge < -0.3 is 15.4 Å². The molecule has 0 aliphatic carbocycles. The van der Waals surface area contributed by atoms with Crippen LogP contribution in [0.2, 0.25) is 5.28 Å². The predicted octanol–water partition coefficient (Wildman–Crippen LogP) is 0.804. The van der Waals surface area contributed by atoms with Gasteiger partial charge in [0.05, 0.1) is 6.54 Å². The number of hydrogen-bond donors (Lipinski definition) is 1. The van der Waals surface area contributed by atoms with Gasteiger partial charge in [0.1, 0.15) is 11.9 Å². The van der Waals surface area contributed by atoms with Crippen molar-refractivity contribution in [2.75, 3.05) is 18.0 Å². The van der Waals surface area contributed by atoms with Crippen LogP contribution in [0.15, 0.2) is 12.3 Å². The number of amides is 1. The van der Waals surface area contributed by atoms with Crippen LogP contribution in [0.3, 0.4) is 0 Å². The van der Waals surface area contributed by atoms with E-state index in [1.807, 2.05) is 4.90 Å². The highest BCUT2D eigenvalue weighted by molar-refractivity contribution is 6.28. The van der Waals surface area contributed by atoms with Gasteiger partial charge in [-0.25, -0.2) is 14.8 Å². The van der Waals surface area contributed by atoms with Crippen molar-refractivity contribution >= 4 is 23.5 Å². The third-order valence-corrected chi connectivity index (χ3v) is 2.55. The molecule has 7 heteroatoms. The maximum absolute atomic E-state index is 10.6. The lowest BCUT2D eigenvalue weighted by atomic mass is 10.3. The van der Waals surface area contributed by atoms with Crippen LogP contribution in [0.25, 0.3) is 0 Å². The standard InChI is InChI=1S/C9H11ClN4O2/c10-8-12-3-1-7(13-8)14-4-2-6(5-14)16-9(11)15/h1,3,6H,2,4-5H2,(H2,11,15). The molecule has 2 heterocycles. The molecular weight excluding hydrogens is 232 g/mol. The van der Waals surface area contributed by atoms with Crippen molar-refractivity contribution in [1.29, 1.82) is 0 Å². The summed E-state index contributed by atoms with van der Waals surface area (Å²) in [4.78, 5) is 20.4. The zero-order valence-electron chi connectivity index (χ0n) is 8.47. The van der Waals surface area contributed by atoms with Gasteiger partial charge in [-0.15, -0.1) is 0 Å². The molecule has 2 rings (SSSR count). The molecule has 2 N–H and O–H groups in total. The highest BCUT2D eigenvalue weighted by Crippen LogP contribution is 2.20. The van der Waals surface area contributed by atoms with Gasteiger partial charge in [-0.1, -0.05) is 0 Å². The molecule has 1 amide bonds. The highest BCUT2D eigenvalue weighted by Gasteiger charge is 2.25. The molecule has 1 unspecified atom stereocenters. The number of anilines is 1. The van der Waals surface area contributed by atoms with Gasteiger partial charge in [-0.2, -0.15) is 0 Å². The highest BCUT2D eigenvalue weighted by atomic mass is 35.5. The number of carbonyl (C=O) groups excluding carboxylic acids is 1. The fraction of sp³-hybridized carbons (Fsp3) is 0.444. The first kappa shape index (κ1) is 10.9. The Morgan fingerprint density at radius 3 is 3.19 bits per heavy atom. The van der Waals surface area contributed by atoms with Gasteiger partial charge in [-0.05, 0) is 17.7 Å². The van der Waals surface area contributed by atoms with Gasteiger partial charge in [0.15, 0.2) is 0 Å². The molecule has 0 aromatic carbocycles. The number of nitrogens with zero attached hydrogens (tertiary/aromatic N) is 3. The monoisotopic (exact) mass is 242 g/mol. The fourth-order valence-corrected chi connectivity index (χ4v) is 1.84. The molecule has 16 heavy (non-hydrogen) atoms. The van der Waals surface area contributed by atoms with E-state index in [0.717, 1.165) is 18.8 Å². The first-order chi connectivity index (χ1) is 7.65. The molecule has 1 atom stereocenters. The second kappa shape index (κ2) is 4.52. The van der Waals surface area contributed by atoms with Gasteiger partial charge in [0, 0.05) is 19.2 Å². The first-order valence-corrected chi connectivity index (χ1v) is 5.22. The lowest BCUT2D eigenvalue weighted by Gasteiger charge is -2.16. The number of aromatic nitrogens is 2. The summed E-state index contributed by atoms with van der Waals surface area (Å²) in [6.07, 6.45) is 1.41. The van der Waals surface area contributed by atoms with Crippen LogP contribution in [0.1, 0.15) is 6.42 Å². The van der Waals surface area contributed by atoms with E-state index >= 15 is 0 Å². The van der Waals surface area contributed by atoms with Crippen molar-refractivity contribution in [3.05, 3.63) is 17.5 Å². The molecule has 1 saturated heterocycles. The second-order valence-electron chi connectivity index (χ2n) is 3.48. The van der Waals surface area contributed by atoms with E-state index in [1.165, 1.54) is 0 Å². The predicted molar refractivity (Wildman–Crippen MR) is 58.3 cm³/mol. The van der Waals surface area contributed by atoms with Crippen LogP contribution in [0, 0.1) is 0 Å². The van der Waals surface area contributed by atoms with Crippen LogP contribution in [-0.2, 0) is 4.74 Å². The first-order valence-electron chi connectivity index (χ1n) is 4.85. The van der Waals surface area contributed by atoms with Crippen LogP contribution in [0.4, 0.5) is 10.6 Å². The molecule has 1 aromatic heterocycles. The summed E-state index contributed by atoms with van der Waals surface area (Å²) in [5.74, 6) is 0.732. The Labute approximate surface area is 97.4 Å². The van der Waals surface area contributed by atoms with Crippen molar-refractivity contribution in [2.45, 2.75) is 12.5 Å². The normalized spacial score (nSPS) is 19.8. The van der Waals surface area contributed by atoms with E-state index < -0.39 is 6.09 Å². The number of primary amides is 1. The molecule has 6 nitrogen and oxygen atoms in total. The molecular formula is C9H11ClN4O2. The van der Waals surface area contributed by atoms with Crippen molar-refractivity contribution in [3.63, 3.8) is 0 Å². The lowest BCUT2D eigenvalue weighted by Crippen LogP contribution is -2.27. The van der Waals surface area contributed by atoms with Crippen molar-refractivity contribution < 1.29 is 9.53 Å². The third kappa shape index (κ3) is 2.52. The summed E-state index contributed by atoms with van der Waals surface area (Å²) in [6, 6.07) is 1.76. The lowest BCUT2D eigenvalue weighted by molar-refractivity contribution is 0.117. The zero-order valence-corrected chi connectivity index (χ0v) is 9.22. The fourth-order valence-electron chi connectivity index (χ4n) is 1.70. The van der Waals surface area contributed by atoms with E-state index in [4.69, 9.17) is 22.1 Å². The maximum Gasteiger partial charge on any atom is 0.404 e. The molecule has 1 aromatic rings. The molecule has 0 radical (unpaired) electrons. The SMILES string of the molecule is NC(=O)OC1CCN(c2ccnc(Cl)n2)C1. The number of halogens is 1. The van der Waals surface area contributed by atoms with Gasteiger partial charge in [0.25, 0.3) is 0 Å². The second-order valence-corrected chi connectivity index (χ2v) is 3.82. The molecule has 1 aliphatic rings. The average molecular weight is 243 g/mol. The zero-order chi connectivity index (χ0) is 11.5. The smallest absolute Gasteiger partial charge is 0.404 e. The van der Waals surface area contributed by atoms with Gasteiger partial charge in [-0.3, -0.25) is 0 Å². The summed E-state index contributed by atoms with van der Waals surface area (Å²) in [5, 5.41) is 0.205. The number of nitrogens with two attached hydrogens (primary N) is 1. The van der Waals surface area contributed by atoms with Crippen LogP contribution >= 0.6 is 11.6 Å². The van der Waals surface area contributed by atoms with Crippen LogP contribution in [0.5, 0.6) is 0 Å². The Balaban J connectivity index is 2.00. The Hall–Kier alpha value is -1.56. The molecule has 86 valence electrons. The summed E-state index contributed by atoms with van der Waals surface area (Å²) in [6.45, 7) is 1.33. The Morgan fingerprint density at radius 2 is 2.50 bits per heavy atom. The quantitative estimate of drug-likeness (QED) is 0.776. The number of hydrogen-bond acceptors (Lipinski definition) is 5. The Kier molecular flexibility index (Phi) is 3.09. The minimum Gasteiger partial charge on any atom is -0.444 e. The topological polar surface area (TPSA) is 81.3 Å². The Morgan fingerprint density at radius 1 is 1.69 bits per heavy atom. The third-order valence-electron chi connectivity index (χ3n) is 2.36. The van der Waals surface area contributed by atoms with E-state index in [0.29, 0.717) is 6.54 Å². The van der Waals surface area contributed by atoms with Crippen molar-refractivity contribution in [1.82, 2.24) is 9.97 Å². The van der Waals surface area contributed by atoms with Crippen LogP contribution < -0.4 is 10.6 Å². The minimum absolute atomic E-state index is 0.175. The minimum atomic E-state index is -0.743. The van der Waals surface area contributed by atoms with Crippen molar-refractivity contribution in [3.8, 4) is 0 Å². The van der Waals surface area contributed by atoms with Crippen LogP contribution in [-0.4, -0.2) is 35.3 Å². The number of rotatable bonds is 2. The Bertz CT molecular complexity index is 401. The molecule has 1 fully saturated rings. The largest absolute Gasteiger partial charge is 0.444 e. The summed E-state index contributed by atoms with van der Waals surface area (Å²) >= 11 is 5.69. The summed E-state index contributed by atoms with van der Waals surface area (Å²) in [7, 11) is 0. The number of carbonyl (C=O) groups is 1.